The van der Waals surface area contributed by atoms with Gasteiger partial charge in [0.05, 0.1) is 11.6 Å². The van der Waals surface area contributed by atoms with E-state index in [2.05, 4.69) is 23.0 Å². The Hall–Kier alpha value is -0.410. The molecule has 1 atom stereocenters. The van der Waals surface area contributed by atoms with Crippen molar-refractivity contribution >= 4 is 29.2 Å². The van der Waals surface area contributed by atoms with Crippen LogP contribution in [0.15, 0.2) is 18.2 Å². The van der Waals surface area contributed by atoms with Gasteiger partial charge in [-0.3, -0.25) is 0 Å². The molecule has 82 valence electrons. The average Bonchev–Trinajstić information content (AvgIpc) is 2.81. The van der Waals surface area contributed by atoms with Crippen molar-refractivity contribution < 1.29 is 0 Å². The van der Waals surface area contributed by atoms with Crippen molar-refractivity contribution in [3.63, 3.8) is 0 Å². The molecule has 1 aromatic rings. The van der Waals surface area contributed by atoms with Gasteiger partial charge >= 0.3 is 0 Å². The number of pyridine rings is 1. The van der Waals surface area contributed by atoms with Crippen LogP contribution in [-0.4, -0.2) is 29.6 Å². The van der Waals surface area contributed by atoms with Crippen LogP contribution in [-0.2, 0) is 5.88 Å². The third-order valence-electron chi connectivity index (χ3n) is 2.74. The SMILES string of the molecule is CN(c1cccc(CCl)n1)C1CCSC1. The molecule has 0 saturated carbocycles. The maximum absolute atomic E-state index is 5.78. The number of anilines is 1. The fourth-order valence-corrected chi connectivity index (χ4v) is 3.17. The van der Waals surface area contributed by atoms with Crippen LogP contribution in [0.25, 0.3) is 0 Å². The van der Waals surface area contributed by atoms with Gasteiger partial charge in [-0.2, -0.15) is 11.8 Å². The summed E-state index contributed by atoms with van der Waals surface area (Å²) in [6.07, 6.45) is 1.26. The van der Waals surface area contributed by atoms with Gasteiger partial charge in [0.2, 0.25) is 0 Å². The molecule has 0 bridgehead atoms. The largest absolute Gasteiger partial charge is 0.356 e. The molecule has 4 heteroatoms. The summed E-state index contributed by atoms with van der Waals surface area (Å²) in [6, 6.07) is 6.68. The third-order valence-corrected chi connectivity index (χ3v) is 4.16. The topological polar surface area (TPSA) is 16.1 Å². The minimum atomic E-state index is 0.487. The van der Waals surface area contributed by atoms with Crippen LogP contribution in [0.4, 0.5) is 5.82 Å². The predicted octanol–water partition coefficient (Wildman–Crippen LogP) is 2.76. The molecule has 1 fully saturated rings. The average molecular weight is 243 g/mol. The van der Waals surface area contributed by atoms with Crippen molar-refractivity contribution in [2.45, 2.75) is 18.3 Å². The minimum absolute atomic E-state index is 0.487. The number of nitrogens with zero attached hydrogens (tertiary/aromatic N) is 2. The Bertz CT molecular complexity index is 326. The molecule has 1 unspecified atom stereocenters. The third kappa shape index (κ3) is 2.58. The Morgan fingerprint density at radius 1 is 1.60 bits per heavy atom. The van der Waals surface area contributed by atoms with Gasteiger partial charge in [0.25, 0.3) is 0 Å². The lowest BCUT2D eigenvalue weighted by Gasteiger charge is -2.25. The van der Waals surface area contributed by atoms with E-state index in [9.17, 15) is 0 Å². The first-order chi connectivity index (χ1) is 7.31. The molecule has 15 heavy (non-hydrogen) atoms. The van der Waals surface area contributed by atoms with Gasteiger partial charge in [0.1, 0.15) is 5.82 Å². The van der Waals surface area contributed by atoms with Crippen molar-refractivity contribution in [2.24, 2.45) is 0 Å². The van der Waals surface area contributed by atoms with E-state index in [4.69, 9.17) is 11.6 Å². The van der Waals surface area contributed by atoms with Crippen molar-refractivity contribution in [2.75, 3.05) is 23.5 Å². The molecule has 0 spiro atoms. The smallest absolute Gasteiger partial charge is 0.128 e. The summed E-state index contributed by atoms with van der Waals surface area (Å²) >= 11 is 7.80. The first-order valence-electron chi connectivity index (χ1n) is 5.13. The lowest BCUT2D eigenvalue weighted by Crippen LogP contribution is -2.32. The highest BCUT2D eigenvalue weighted by Gasteiger charge is 2.20. The van der Waals surface area contributed by atoms with Gasteiger partial charge in [-0.05, 0) is 24.3 Å². The van der Waals surface area contributed by atoms with E-state index in [1.807, 2.05) is 23.9 Å². The van der Waals surface area contributed by atoms with Gasteiger partial charge < -0.3 is 4.90 Å². The van der Waals surface area contributed by atoms with Crippen LogP contribution < -0.4 is 4.90 Å². The summed E-state index contributed by atoms with van der Waals surface area (Å²) in [5.41, 5.74) is 0.951. The number of alkyl halides is 1. The normalized spacial score (nSPS) is 20.5. The molecule has 0 amide bonds. The van der Waals surface area contributed by atoms with E-state index in [-0.39, 0.29) is 0 Å². The van der Waals surface area contributed by atoms with Gasteiger partial charge in [0, 0.05) is 18.8 Å². The maximum Gasteiger partial charge on any atom is 0.128 e. The molecule has 0 N–H and O–H groups in total. The summed E-state index contributed by atoms with van der Waals surface area (Å²) < 4.78 is 0. The lowest BCUT2D eigenvalue weighted by atomic mass is 10.2. The summed E-state index contributed by atoms with van der Waals surface area (Å²) in [4.78, 5) is 6.79. The predicted molar refractivity (Wildman–Crippen MR) is 67.9 cm³/mol. The van der Waals surface area contributed by atoms with E-state index in [1.165, 1.54) is 17.9 Å². The highest BCUT2D eigenvalue weighted by molar-refractivity contribution is 7.99. The molecule has 1 aliphatic rings. The van der Waals surface area contributed by atoms with Crippen LogP contribution in [0.3, 0.4) is 0 Å². The molecule has 0 radical (unpaired) electrons. The second-order valence-corrected chi connectivity index (χ2v) is 5.17. The zero-order chi connectivity index (χ0) is 10.7. The second kappa shape index (κ2) is 5.08. The highest BCUT2D eigenvalue weighted by atomic mass is 35.5. The molecule has 1 saturated heterocycles. The summed E-state index contributed by atoms with van der Waals surface area (Å²) in [7, 11) is 2.12. The molecule has 2 heterocycles. The van der Waals surface area contributed by atoms with E-state index in [1.54, 1.807) is 0 Å². The standard InChI is InChI=1S/C11H15ClN2S/c1-14(10-5-6-15-8-10)11-4-2-3-9(7-12)13-11/h2-4,10H,5-8H2,1H3. The second-order valence-electron chi connectivity index (χ2n) is 3.75. The molecule has 1 aliphatic heterocycles. The summed E-state index contributed by atoms with van der Waals surface area (Å²) in [6.45, 7) is 0. The number of thioether (sulfide) groups is 1. The van der Waals surface area contributed by atoms with E-state index >= 15 is 0 Å². The minimum Gasteiger partial charge on any atom is -0.356 e. The van der Waals surface area contributed by atoms with Crippen molar-refractivity contribution in [1.29, 1.82) is 0 Å². The van der Waals surface area contributed by atoms with Crippen LogP contribution >= 0.6 is 23.4 Å². The monoisotopic (exact) mass is 242 g/mol. The Kier molecular flexibility index (Phi) is 3.76. The van der Waals surface area contributed by atoms with Crippen LogP contribution in [0, 0.1) is 0 Å². The van der Waals surface area contributed by atoms with Crippen molar-refractivity contribution in [3.05, 3.63) is 23.9 Å². The fourth-order valence-electron chi connectivity index (χ4n) is 1.75. The summed E-state index contributed by atoms with van der Waals surface area (Å²) in [5.74, 6) is 4.01. The Labute approximate surface area is 100 Å². The first-order valence-corrected chi connectivity index (χ1v) is 6.82. The molecule has 2 rings (SSSR count). The first kappa shape index (κ1) is 11.1. The van der Waals surface area contributed by atoms with Crippen molar-refractivity contribution in [3.8, 4) is 0 Å². The van der Waals surface area contributed by atoms with Crippen LogP contribution in [0.2, 0.25) is 0 Å². The van der Waals surface area contributed by atoms with Gasteiger partial charge in [-0.1, -0.05) is 6.07 Å². The number of aromatic nitrogens is 1. The fraction of sp³-hybridized carbons (Fsp3) is 0.545. The quantitative estimate of drug-likeness (QED) is 0.759. The molecular formula is C11H15ClN2S. The van der Waals surface area contributed by atoms with Gasteiger partial charge in [0.15, 0.2) is 0 Å². The molecular weight excluding hydrogens is 228 g/mol. The van der Waals surface area contributed by atoms with Crippen molar-refractivity contribution in [1.82, 2.24) is 4.98 Å². The number of hydrogen-bond donors (Lipinski definition) is 0. The van der Waals surface area contributed by atoms with E-state index in [0.717, 1.165) is 11.5 Å². The zero-order valence-electron chi connectivity index (χ0n) is 8.82. The molecule has 0 aromatic carbocycles. The Balaban J connectivity index is 2.13. The molecule has 1 aromatic heterocycles. The Morgan fingerprint density at radius 3 is 3.13 bits per heavy atom. The van der Waals surface area contributed by atoms with Crippen LogP contribution in [0.1, 0.15) is 12.1 Å². The number of rotatable bonds is 3. The van der Waals surface area contributed by atoms with E-state index in [0.29, 0.717) is 11.9 Å². The Morgan fingerprint density at radius 2 is 2.47 bits per heavy atom. The maximum atomic E-state index is 5.78. The molecule has 2 nitrogen and oxygen atoms in total. The van der Waals surface area contributed by atoms with E-state index < -0.39 is 0 Å². The van der Waals surface area contributed by atoms with Gasteiger partial charge in [-0.15, -0.1) is 11.6 Å². The van der Waals surface area contributed by atoms with Gasteiger partial charge in [-0.25, -0.2) is 4.98 Å². The zero-order valence-corrected chi connectivity index (χ0v) is 10.4. The summed E-state index contributed by atoms with van der Waals surface area (Å²) in [5, 5.41) is 0. The number of hydrogen-bond acceptors (Lipinski definition) is 3. The highest BCUT2D eigenvalue weighted by Crippen LogP contribution is 2.24. The lowest BCUT2D eigenvalue weighted by molar-refractivity contribution is 0.690. The van der Waals surface area contributed by atoms with Crippen LogP contribution in [0.5, 0.6) is 0 Å². The number of halogens is 1. The molecule has 0 aliphatic carbocycles.